The third-order valence-corrected chi connectivity index (χ3v) is 5.89. The van der Waals surface area contributed by atoms with Gasteiger partial charge in [0.2, 0.25) is 0 Å². The number of H-pyrrole nitrogens is 1. The van der Waals surface area contributed by atoms with Gasteiger partial charge in [0.25, 0.3) is 5.91 Å². The van der Waals surface area contributed by atoms with Crippen LogP contribution >= 0.6 is 0 Å². The number of benzene rings is 2. The highest BCUT2D eigenvalue weighted by atomic mass is 32.2. The van der Waals surface area contributed by atoms with Crippen LogP contribution < -0.4 is 20.5 Å². The summed E-state index contributed by atoms with van der Waals surface area (Å²) >= 11 is 0. The van der Waals surface area contributed by atoms with Gasteiger partial charge in [-0.3, -0.25) is 9.89 Å². The van der Waals surface area contributed by atoms with Crippen LogP contribution in [0.5, 0.6) is 5.75 Å². The molecule has 4 rings (SSSR count). The van der Waals surface area contributed by atoms with E-state index in [2.05, 4.69) is 25.2 Å². The number of carbonyl (C=O) groups is 1. The van der Waals surface area contributed by atoms with Crippen LogP contribution in [0.15, 0.2) is 72.9 Å². The van der Waals surface area contributed by atoms with Crippen LogP contribution in [0.1, 0.15) is 22.8 Å². The Morgan fingerprint density at radius 1 is 1.12 bits per heavy atom. The summed E-state index contributed by atoms with van der Waals surface area (Å²) in [7, 11) is -1.26. The van der Waals surface area contributed by atoms with E-state index in [0.29, 0.717) is 40.9 Å². The smallest absolute Gasteiger partial charge is 0.254 e. The first kappa shape index (κ1) is 23.0. The molecule has 0 spiro atoms. The van der Waals surface area contributed by atoms with Gasteiger partial charge in [-0.2, -0.15) is 5.10 Å². The summed E-state index contributed by atoms with van der Waals surface area (Å²) in [6, 6.07) is 20.3. The van der Waals surface area contributed by atoms with Gasteiger partial charge in [0.1, 0.15) is 34.7 Å². The van der Waals surface area contributed by atoms with E-state index in [0.717, 1.165) is 5.56 Å². The van der Waals surface area contributed by atoms with Gasteiger partial charge in [-0.05, 0) is 29.8 Å². The SMILES string of the molecule is CCS(=O)Nc1ccc(-c2[nH]nc(Nc3ccccn3)c2C(N)=O)cc1OCc1ccccc1. The van der Waals surface area contributed by atoms with Gasteiger partial charge in [0.05, 0.1) is 11.4 Å². The van der Waals surface area contributed by atoms with E-state index >= 15 is 0 Å². The molecule has 0 saturated carbocycles. The molecule has 174 valence electrons. The molecular formula is C24H24N6O3S. The number of anilines is 3. The van der Waals surface area contributed by atoms with Crippen molar-refractivity contribution < 1.29 is 13.7 Å². The van der Waals surface area contributed by atoms with Crippen molar-refractivity contribution in [1.29, 1.82) is 0 Å². The average molecular weight is 477 g/mol. The maximum absolute atomic E-state index is 12.3. The minimum Gasteiger partial charge on any atom is -0.487 e. The molecule has 5 N–H and O–H groups in total. The number of aromatic nitrogens is 3. The van der Waals surface area contributed by atoms with Crippen molar-refractivity contribution in [2.45, 2.75) is 13.5 Å². The van der Waals surface area contributed by atoms with E-state index < -0.39 is 16.9 Å². The molecular weight excluding hydrogens is 452 g/mol. The monoisotopic (exact) mass is 476 g/mol. The Morgan fingerprint density at radius 2 is 1.91 bits per heavy atom. The van der Waals surface area contributed by atoms with Crippen molar-refractivity contribution in [3.63, 3.8) is 0 Å². The molecule has 0 bridgehead atoms. The van der Waals surface area contributed by atoms with E-state index in [9.17, 15) is 9.00 Å². The first-order valence-electron chi connectivity index (χ1n) is 10.6. The number of primary amides is 1. The Morgan fingerprint density at radius 3 is 2.62 bits per heavy atom. The van der Waals surface area contributed by atoms with E-state index in [4.69, 9.17) is 10.5 Å². The number of rotatable bonds is 10. The van der Waals surface area contributed by atoms with Crippen LogP contribution in [-0.2, 0) is 17.6 Å². The molecule has 4 aromatic rings. The normalized spacial score (nSPS) is 11.6. The molecule has 2 aromatic carbocycles. The lowest BCUT2D eigenvalue weighted by Crippen LogP contribution is -2.13. The lowest BCUT2D eigenvalue weighted by Gasteiger charge is -2.14. The van der Waals surface area contributed by atoms with Crippen LogP contribution in [0.4, 0.5) is 17.3 Å². The number of nitrogens with zero attached hydrogens (tertiary/aromatic N) is 2. The minimum atomic E-state index is -1.26. The number of pyridine rings is 1. The van der Waals surface area contributed by atoms with E-state index in [1.807, 2.05) is 43.3 Å². The molecule has 1 atom stereocenters. The highest BCUT2D eigenvalue weighted by molar-refractivity contribution is 7.86. The predicted molar refractivity (Wildman–Crippen MR) is 133 cm³/mol. The number of carbonyl (C=O) groups excluding carboxylic acids is 1. The molecule has 0 saturated heterocycles. The van der Waals surface area contributed by atoms with E-state index in [1.54, 1.807) is 36.5 Å². The second-order valence-electron chi connectivity index (χ2n) is 7.25. The largest absolute Gasteiger partial charge is 0.487 e. The zero-order chi connectivity index (χ0) is 23.9. The number of hydrogen-bond donors (Lipinski definition) is 4. The Labute approximate surface area is 199 Å². The molecule has 9 nitrogen and oxygen atoms in total. The predicted octanol–water partition coefficient (Wildman–Crippen LogP) is 3.99. The number of aromatic amines is 1. The van der Waals surface area contributed by atoms with Gasteiger partial charge in [-0.25, -0.2) is 9.19 Å². The van der Waals surface area contributed by atoms with E-state index in [-0.39, 0.29) is 11.4 Å². The molecule has 1 amide bonds. The summed E-state index contributed by atoms with van der Waals surface area (Å²) in [6.45, 7) is 2.14. The maximum atomic E-state index is 12.3. The van der Waals surface area contributed by atoms with Crippen molar-refractivity contribution in [1.82, 2.24) is 15.2 Å². The van der Waals surface area contributed by atoms with Crippen LogP contribution in [0.25, 0.3) is 11.3 Å². The summed E-state index contributed by atoms with van der Waals surface area (Å²) in [6.07, 6.45) is 1.63. The topological polar surface area (TPSA) is 135 Å². The van der Waals surface area contributed by atoms with Crippen LogP contribution in [0.3, 0.4) is 0 Å². The van der Waals surface area contributed by atoms with Crippen molar-refractivity contribution in [3.05, 3.63) is 84.1 Å². The van der Waals surface area contributed by atoms with Crippen molar-refractivity contribution >= 4 is 34.2 Å². The molecule has 2 aromatic heterocycles. The highest BCUT2D eigenvalue weighted by Crippen LogP contribution is 2.34. The second kappa shape index (κ2) is 10.6. The van der Waals surface area contributed by atoms with Crippen molar-refractivity contribution in [2.24, 2.45) is 5.73 Å². The minimum absolute atomic E-state index is 0.192. The first-order valence-corrected chi connectivity index (χ1v) is 11.9. The molecule has 1 unspecified atom stereocenters. The molecule has 0 radical (unpaired) electrons. The summed E-state index contributed by atoms with van der Waals surface area (Å²) in [5, 5.41) is 10.1. The highest BCUT2D eigenvalue weighted by Gasteiger charge is 2.21. The Balaban J connectivity index is 1.69. The Kier molecular flexibility index (Phi) is 7.19. The fourth-order valence-electron chi connectivity index (χ4n) is 3.25. The summed E-state index contributed by atoms with van der Waals surface area (Å²) in [4.78, 5) is 16.5. The zero-order valence-electron chi connectivity index (χ0n) is 18.4. The second-order valence-corrected chi connectivity index (χ2v) is 8.72. The van der Waals surface area contributed by atoms with E-state index in [1.165, 1.54) is 0 Å². The number of nitrogens with one attached hydrogen (secondary N) is 3. The van der Waals surface area contributed by atoms with Crippen LogP contribution in [-0.4, -0.2) is 31.1 Å². The average Bonchev–Trinajstić information content (AvgIpc) is 3.28. The third-order valence-electron chi connectivity index (χ3n) is 4.92. The molecule has 0 aliphatic rings. The van der Waals surface area contributed by atoms with Gasteiger partial charge in [-0.15, -0.1) is 0 Å². The summed E-state index contributed by atoms with van der Waals surface area (Å²) < 4.78 is 21.2. The molecule has 0 aliphatic carbocycles. The molecule has 34 heavy (non-hydrogen) atoms. The van der Waals surface area contributed by atoms with Crippen LogP contribution in [0.2, 0.25) is 0 Å². The van der Waals surface area contributed by atoms with Gasteiger partial charge in [0.15, 0.2) is 5.82 Å². The lowest BCUT2D eigenvalue weighted by molar-refractivity contribution is 0.100. The fourth-order valence-corrected chi connectivity index (χ4v) is 3.81. The number of hydrogen-bond acceptors (Lipinski definition) is 6. The lowest BCUT2D eigenvalue weighted by atomic mass is 10.1. The standard InChI is InChI=1S/C24H24N6O3S/c1-2-34(32)30-18-12-11-17(14-19(18)33-15-16-8-4-3-5-9-16)22-21(23(25)31)24(29-28-22)27-20-10-6-7-13-26-20/h3-14,30H,2,15H2,1H3,(H2,25,31)(H2,26,27,28,29). The molecule has 0 aliphatic heterocycles. The molecule has 10 heteroatoms. The number of ether oxygens (including phenoxy) is 1. The zero-order valence-corrected chi connectivity index (χ0v) is 19.3. The molecule has 0 fully saturated rings. The van der Waals surface area contributed by atoms with Gasteiger partial charge in [-0.1, -0.05) is 49.4 Å². The van der Waals surface area contributed by atoms with Crippen molar-refractivity contribution in [2.75, 3.05) is 15.8 Å². The number of nitrogens with two attached hydrogens (primary N) is 1. The molecule has 2 heterocycles. The Bertz CT molecular complexity index is 1290. The maximum Gasteiger partial charge on any atom is 0.254 e. The quantitative estimate of drug-likeness (QED) is 0.273. The van der Waals surface area contributed by atoms with Gasteiger partial charge < -0.3 is 20.5 Å². The first-order chi connectivity index (χ1) is 16.5. The van der Waals surface area contributed by atoms with Gasteiger partial charge >= 0.3 is 0 Å². The Hall–Kier alpha value is -4.18. The fraction of sp³-hybridized carbons (Fsp3) is 0.125. The van der Waals surface area contributed by atoms with Crippen molar-refractivity contribution in [3.8, 4) is 17.0 Å². The van der Waals surface area contributed by atoms with Crippen LogP contribution in [0, 0.1) is 0 Å². The summed E-state index contributed by atoms with van der Waals surface area (Å²) in [5.74, 6) is 1.06. The number of amides is 1. The van der Waals surface area contributed by atoms with Gasteiger partial charge in [0, 0.05) is 17.5 Å². The summed E-state index contributed by atoms with van der Waals surface area (Å²) in [5.41, 5.74) is 8.51. The third kappa shape index (κ3) is 5.41.